The first-order chi connectivity index (χ1) is 8.89. The van der Waals surface area contributed by atoms with Gasteiger partial charge in [-0.15, -0.1) is 0 Å². The van der Waals surface area contributed by atoms with Crippen molar-refractivity contribution < 1.29 is 28.5 Å². The summed E-state index contributed by atoms with van der Waals surface area (Å²) in [6.45, 7) is 7.04. The van der Waals surface area contributed by atoms with E-state index < -0.39 is 17.7 Å². The number of hydrogen-bond donors (Lipinski definition) is 0. The molecule has 19 heavy (non-hydrogen) atoms. The molecule has 0 saturated carbocycles. The minimum absolute atomic E-state index is 0.164. The molecule has 0 N–H and O–H groups in total. The average Bonchev–Trinajstić information content (AvgIpc) is 2.66. The summed E-state index contributed by atoms with van der Waals surface area (Å²) in [5, 5.41) is 0. The van der Waals surface area contributed by atoms with Crippen molar-refractivity contribution >= 4 is 11.9 Å². The van der Waals surface area contributed by atoms with E-state index in [-0.39, 0.29) is 24.5 Å². The maximum absolute atomic E-state index is 11.7. The molecule has 1 heterocycles. The van der Waals surface area contributed by atoms with Crippen molar-refractivity contribution in [2.24, 2.45) is 0 Å². The summed E-state index contributed by atoms with van der Waals surface area (Å²) in [6.07, 6.45) is 2.59. The molecule has 0 aromatic rings. The number of esters is 2. The van der Waals surface area contributed by atoms with E-state index in [0.717, 1.165) is 0 Å². The normalized spacial score (nSPS) is 15.7. The van der Waals surface area contributed by atoms with E-state index in [9.17, 15) is 9.59 Å². The van der Waals surface area contributed by atoms with Gasteiger partial charge in [-0.25, -0.2) is 9.59 Å². The third-order valence-electron chi connectivity index (χ3n) is 2.10. The fraction of sp³-hybridized carbons (Fsp3) is 0.538. The molecule has 0 fully saturated rings. The molecule has 6 heteroatoms. The molecule has 0 aromatic heterocycles. The molecule has 106 valence electrons. The van der Waals surface area contributed by atoms with E-state index in [4.69, 9.17) is 18.9 Å². The SMILES string of the molecule is CCOC(=O)C(=CC1=COC(C)(C)O1)C(=O)OCC. The third-order valence-corrected chi connectivity index (χ3v) is 2.10. The quantitative estimate of drug-likeness (QED) is 0.327. The molecule has 0 aromatic carbocycles. The molecular weight excluding hydrogens is 252 g/mol. The van der Waals surface area contributed by atoms with E-state index in [2.05, 4.69) is 0 Å². The first-order valence-corrected chi connectivity index (χ1v) is 6.02. The summed E-state index contributed by atoms with van der Waals surface area (Å²) >= 11 is 0. The van der Waals surface area contributed by atoms with Gasteiger partial charge >= 0.3 is 11.9 Å². The lowest BCUT2D eigenvalue weighted by Gasteiger charge is -2.17. The van der Waals surface area contributed by atoms with Gasteiger partial charge in [0.15, 0.2) is 5.76 Å². The molecule has 1 aliphatic heterocycles. The van der Waals surface area contributed by atoms with Crippen LogP contribution in [0.4, 0.5) is 0 Å². The zero-order valence-electron chi connectivity index (χ0n) is 11.5. The minimum Gasteiger partial charge on any atom is -0.462 e. The number of rotatable bonds is 5. The Kier molecular flexibility index (Phi) is 4.97. The molecule has 0 atom stereocenters. The first-order valence-electron chi connectivity index (χ1n) is 6.02. The van der Waals surface area contributed by atoms with Crippen LogP contribution >= 0.6 is 0 Å². The van der Waals surface area contributed by atoms with Gasteiger partial charge in [-0.3, -0.25) is 0 Å². The topological polar surface area (TPSA) is 71.1 Å². The van der Waals surface area contributed by atoms with E-state index >= 15 is 0 Å². The van der Waals surface area contributed by atoms with E-state index in [1.54, 1.807) is 27.7 Å². The largest absolute Gasteiger partial charge is 0.462 e. The lowest BCUT2D eigenvalue weighted by Crippen LogP contribution is -2.21. The Morgan fingerprint density at radius 2 is 1.74 bits per heavy atom. The molecule has 0 aliphatic carbocycles. The number of ether oxygens (including phenoxy) is 4. The van der Waals surface area contributed by atoms with Crippen LogP contribution in [-0.4, -0.2) is 30.9 Å². The van der Waals surface area contributed by atoms with Gasteiger partial charge in [0.1, 0.15) is 11.8 Å². The highest BCUT2D eigenvalue weighted by molar-refractivity contribution is 6.14. The van der Waals surface area contributed by atoms with E-state index in [0.29, 0.717) is 0 Å². The average molecular weight is 270 g/mol. The first kappa shape index (κ1) is 15.1. The van der Waals surface area contributed by atoms with Crippen molar-refractivity contribution in [3.63, 3.8) is 0 Å². The van der Waals surface area contributed by atoms with Gasteiger partial charge in [0, 0.05) is 19.9 Å². The standard InChI is InChI=1S/C13H18O6/c1-5-16-11(14)10(12(15)17-6-2)7-9-8-18-13(3,4)19-9/h7-8H,5-6H2,1-4H3. The summed E-state index contributed by atoms with van der Waals surface area (Å²) in [7, 11) is 0. The molecule has 0 spiro atoms. The molecule has 0 bridgehead atoms. The fourth-order valence-electron chi connectivity index (χ4n) is 1.36. The Morgan fingerprint density at radius 1 is 1.21 bits per heavy atom. The Bertz CT molecular complexity index is 399. The van der Waals surface area contributed by atoms with Gasteiger partial charge in [0.05, 0.1) is 13.2 Å². The van der Waals surface area contributed by atoms with E-state index in [1.807, 2.05) is 0 Å². The van der Waals surface area contributed by atoms with Crippen LogP contribution in [0, 0.1) is 0 Å². The number of carbonyl (C=O) groups is 2. The maximum Gasteiger partial charge on any atom is 0.345 e. The number of allylic oxidation sites excluding steroid dienone is 1. The lowest BCUT2D eigenvalue weighted by molar-refractivity contribution is -0.146. The molecule has 0 radical (unpaired) electrons. The van der Waals surface area contributed by atoms with Crippen molar-refractivity contribution in [1.82, 2.24) is 0 Å². The van der Waals surface area contributed by atoms with Crippen molar-refractivity contribution in [3.05, 3.63) is 23.7 Å². The van der Waals surface area contributed by atoms with Crippen LogP contribution in [0.2, 0.25) is 0 Å². The van der Waals surface area contributed by atoms with Crippen LogP contribution in [0.3, 0.4) is 0 Å². The summed E-state index contributed by atoms with van der Waals surface area (Å²) in [5.41, 5.74) is -0.226. The summed E-state index contributed by atoms with van der Waals surface area (Å²) in [5.74, 6) is -2.06. The van der Waals surface area contributed by atoms with Gasteiger partial charge < -0.3 is 18.9 Å². The Balaban J connectivity index is 2.90. The predicted molar refractivity (Wildman–Crippen MR) is 65.7 cm³/mol. The van der Waals surface area contributed by atoms with Gasteiger partial charge in [-0.1, -0.05) is 0 Å². The van der Waals surface area contributed by atoms with Gasteiger partial charge in [-0.2, -0.15) is 0 Å². The molecule has 0 amide bonds. The van der Waals surface area contributed by atoms with Crippen molar-refractivity contribution in [3.8, 4) is 0 Å². The van der Waals surface area contributed by atoms with Gasteiger partial charge in [0.2, 0.25) is 5.79 Å². The smallest absolute Gasteiger partial charge is 0.345 e. The zero-order chi connectivity index (χ0) is 14.5. The lowest BCUT2D eigenvalue weighted by atomic mass is 10.2. The highest BCUT2D eigenvalue weighted by Gasteiger charge is 2.29. The molecule has 0 unspecified atom stereocenters. The zero-order valence-corrected chi connectivity index (χ0v) is 11.5. The van der Waals surface area contributed by atoms with Crippen LogP contribution in [0.5, 0.6) is 0 Å². The Hall–Kier alpha value is -1.98. The van der Waals surface area contributed by atoms with Crippen LogP contribution in [-0.2, 0) is 28.5 Å². The molecule has 1 rings (SSSR count). The Morgan fingerprint density at radius 3 is 2.11 bits per heavy atom. The van der Waals surface area contributed by atoms with Gasteiger partial charge in [0.25, 0.3) is 0 Å². The van der Waals surface area contributed by atoms with Crippen LogP contribution < -0.4 is 0 Å². The minimum atomic E-state index is -0.819. The van der Waals surface area contributed by atoms with Crippen LogP contribution in [0.25, 0.3) is 0 Å². The van der Waals surface area contributed by atoms with Gasteiger partial charge in [-0.05, 0) is 13.8 Å². The molecular formula is C13H18O6. The molecule has 1 aliphatic rings. The van der Waals surface area contributed by atoms with Crippen molar-refractivity contribution in [2.45, 2.75) is 33.5 Å². The highest BCUT2D eigenvalue weighted by Crippen LogP contribution is 2.25. The second-order valence-electron chi connectivity index (χ2n) is 4.14. The van der Waals surface area contributed by atoms with Crippen LogP contribution in [0.15, 0.2) is 23.7 Å². The van der Waals surface area contributed by atoms with Crippen molar-refractivity contribution in [1.29, 1.82) is 0 Å². The number of hydrogen-bond acceptors (Lipinski definition) is 6. The van der Waals surface area contributed by atoms with E-state index in [1.165, 1.54) is 12.3 Å². The maximum atomic E-state index is 11.7. The monoisotopic (exact) mass is 270 g/mol. The van der Waals surface area contributed by atoms with Crippen molar-refractivity contribution in [2.75, 3.05) is 13.2 Å². The van der Waals surface area contributed by atoms with Crippen LogP contribution in [0.1, 0.15) is 27.7 Å². The fourth-order valence-corrected chi connectivity index (χ4v) is 1.36. The second-order valence-corrected chi connectivity index (χ2v) is 4.14. The highest BCUT2D eigenvalue weighted by atomic mass is 16.7. The second kappa shape index (κ2) is 6.26. The predicted octanol–water partition coefficient (Wildman–Crippen LogP) is 1.66. The summed E-state index contributed by atoms with van der Waals surface area (Å²) < 4.78 is 20.2. The number of carbonyl (C=O) groups excluding carboxylic acids is 2. The molecule has 6 nitrogen and oxygen atoms in total. The summed E-state index contributed by atoms with van der Waals surface area (Å²) in [6, 6.07) is 0. The third kappa shape index (κ3) is 4.31. The Labute approximate surface area is 112 Å². The molecule has 0 saturated heterocycles. The summed E-state index contributed by atoms with van der Waals surface area (Å²) in [4.78, 5) is 23.4.